The molecule has 1 aliphatic carbocycles. The van der Waals surface area contributed by atoms with Gasteiger partial charge in [-0.1, -0.05) is 67.4 Å². The molecule has 2 heterocycles. The molecule has 2 amide bonds. The lowest BCUT2D eigenvalue weighted by Gasteiger charge is -2.40. The predicted molar refractivity (Wildman–Crippen MR) is 130 cm³/mol. The van der Waals surface area contributed by atoms with Crippen LogP contribution >= 0.6 is 0 Å². The molecule has 1 fully saturated rings. The van der Waals surface area contributed by atoms with Crippen molar-refractivity contribution in [1.29, 1.82) is 0 Å². The van der Waals surface area contributed by atoms with Crippen LogP contribution in [-0.4, -0.2) is 34.8 Å². The van der Waals surface area contributed by atoms with Crippen LogP contribution in [0.15, 0.2) is 79.1 Å². The van der Waals surface area contributed by atoms with Crippen LogP contribution in [0.1, 0.15) is 58.8 Å². The lowest BCUT2D eigenvalue weighted by atomic mass is 9.88. The largest absolute Gasteiger partial charge is 0.358 e. The van der Waals surface area contributed by atoms with E-state index in [1.165, 1.54) is 18.4 Å². The Morgan fingerprint density at radius 1 is 0.970 bits per heavy atom. The van der Waals surface area contributed by atoms with E-state index in [2.05, 4.69) is 27.3 Å². The summed E-state index contributed by atoms with van der Waals surface area (Å²) in [6.07, 6.45) is 10.9. The molecule has 0 saturated heterocycles. The highest BCUT2D eigenvalue weighted by Crippen LogP contribution is 2.38. The van der Waals surface area contributed by atoms with Crippen LogP contribution < -0.4 is 5.32 Å². The molecule has 0 bridgehead atoms. The van der Waals surface area contributed by atoms with Gasteiger partial charge in [0.05, 0.1) is 6.04 Å². The molecule has 5 nitrogen and oxygen atoms in total. The minimum absolute atomic E-state index is 0.124. The maximum atomic E-state index is 13.1. The minimum Gasteiger partial charge on any atom is -0.358 e. The highest BCUT2D eigenvalue weighted by Gasteiger charge is 2.38. The van der Waals surface area contributed by atoms with Crippen molar-refractivity contribution < 1.29 is 9.59 Å². The van der Waals surface area contributed by atoms with Crippen molar-refractivity contribution in [3.63, 3.8) is 0 Å². The van der Waals surface area contributed by atoms with Gasteiger partial charge in [0.2, 0.25) is 6.41 Å². The van der Waals surface area contributed by atoms with Crippen molar-refractivity contribution in [2.75, 3.05) is 6.54 Å². The zero-order valence-corrected chi connectivity index (χ0v) is 18.9. The summed E-state index contributed by atoms with van der Waals surface area (Å²) in [5.41, 5.74) is 4.45. The summed E-state index contributed by atoms with van der Waals surface area (Å²) in [4.78, 5) is 29.4. The number of nitrogens with zero attached hydrogens (tertiary/aromatic N) is 2. The van der Waals surface area contributed by atoms with Crippen molar-refractivity contribution in [3.8, 4) is 0 Å². The van der Waals surface area contributed by atoms with E-state index in [-0.39, 0.29) is 11.9 Å². The number of aromatic nitrogens is 1. The first kappa shape index (κ1) is 22.7. The molecule has 1 N–H and O–H groups in total. The summed E-state index contributed by atoms with van der Waals surface area (Å²) in [7, 11) is 0. The Labute approximate surface area is 195 Å². The number of pyridine rings is 1. The summed E-state index contributed by atoms with van der Waals surface area (Å²) in [5, 5.41) is 2.62. The van der Waals surface area contributed by atoms with Gasteiger partial charge in [0.1, 0.15) is 0 Å². The number of amides is 2. The van der Waals surface area contributed by atoms with Gasteiger partial charge in [-0.15, -0.1) is 0 Å². The van der Waals surface area contributed by atoms with Crippen LogP contribution in [0.5, 0.6) is 0 Å². The van der Waals surface area contributed by atoms with Gasteiger partial charge in [0.15, 0.2) is 0 Å². The highest BCUT2D eigenvalue weighted by atomic mass is 16.2. The van der Waals surface area contributed by atoms with Gasteiger partial charge in [0, 0.05) is 30.5 Å². The molecule has 2 aromatic carbocycles. The Morgan fingerprint density at radius 2 is 1.73 bits per heavy atom. The van der Waals surface area contributed by atoms with E-state index in [9.17, 15) is 9.59 Å². The fourth-order valence-corrected chi connectivity index (χ4v) is 4.87. The number of hydrogen-bond donors (Lipinski definition) is 1. The van der Waals surface area contributed by atoms with Gasteiger partial charge in [-0.3, -0.25) is 14.6 Å². The van der Waals surface area contributed by atoms with E-state index in [0.29, 0.717) is 12.6 Å². The third-order valence-corrected chi connectivity index (χ3v) is 6.50. The fraction of sp³-hybridized carbons (Fsp3) is 0.321. The molecule has 33 heavy (non-hydrogen) atoms. The maximum Gasteiger partial charge on any atom is 0.254 e. The van der Waals surface area contributed by atoms with Gasteiger partial charge in [-0.25, -0.2) is 0 Å². The zero-order chi connectivity index (χ0) is 22.9. The molecule has 3 aromatic rings. The van der Waals surface area contributed by atoms with E-state index >= 15 is 0 Å². The Hall–Kier alpha value is -3.47. The smallest absolute Gasteiger partial charge is 0.254 e. The van der Waals surface area contributed by atoms with Gasteiger partial charge in [-0.05, 0) is 54.5 Å². The van der Waals surface area contributed by atoms with Crippen molar-refractivity contribution >= 4 is 12.3 Å². The molecule has 1 atom stereocenters. The first-order chi connectivity index (χ1) is 16.3. The van der Waals surface area contributed by atoms with Gasteiger partial charge in [0.25, 0.3) is 5.91 Å². The summed E-state index contributed by atoms with van der Waals surface area (Å²) in [5.74, 6) is 0.197. The lowest BCUT2D eigenvalue weighted by molar-refractivity contribution is -0.109. The summed E-state index contributed by atoms with van der Waals surface area (Å²) in [6.45, 7) is 0.716. The van der Waals surface area contributed by atoms with Crippen molar-refractivity contribution in [3.05, 3.63) is 101 Å². The van der Waals surface area contributed by atoms with Gasteiger partial charge >= 0.3 is 0 Å². The van der Waals surface area contributed by atoms with Crippen LogP contribution in [0, 0.1) is 0 Å². The quantitative estimate of drug-likeness (QED) is 0.444. The second-order valence-electron chi connectivity index (χ2n) is 8.62. The number of nitrogens with one attached hydrogen (secondary N) is 1. The first-order valence-electron chi connectivity index (χ1n) is 11.8. The molecule has 1 aliphatic heterocycles. The van der Waals surface area contributed by atoms with Crippen LogP contribution in [0.2, 0.25) is 0 Å². The van der Waals surface area contributed by atoms with Crippen LogP contribution in [0.3, 0.4) is 0 Å². The number of benzene rings is 2. The summed E-state index contributed by atoms with van der Waals surface area (Å²) >= 11 is 0. The van der Waals surface area contributed by atoms with E-state index in [1.54, 1.807) is 6.20 Å². The standard InChI is InChI=1S/C19H20N2O.C9H11NO/c22-19-17-10-4-1-6-14(17)12-18(15-7-5-11-20-13-15)21(19)16-8-2-3-9-16;11-8-10-7-6-9-4-2-1-3-5-9/h1,4-7,10-11,13,16,18H,2-3,8-9,12H2;1-5,8H,6-7H2,(H,10,11). The monoisotopic (exact) mass is 441 g/mol. The molecule has 1 aromatic heterocycles. The predicted octanol–water partition coefficient (Wildman–Crippen LogP) is 4.74. The summed E-state index contributed by atoms with van der Waals surface area (Å²) < 4.78 is 0. The minimum atomic E-state index is 0.124. The average Bonchev–Trinajstić information content (AvgIpc) is 3.40. The average molecular weight is 442 g/mol. The second kappa shape index (κ2) is 11.4. The van der Waals surface area contributed by atoms with E-state index in [4.69, 9.17) is 0 Å². The van der Waals surface area contributed by atoms with Gasteiger partial charge < -0.3 is 10.2 Å². The molecule has 1 unspecified atom stereocenters. The fourth-order valence-electron chi connectivity index (χ4n) is 4.87. The number of rotatable bonds is 6. The molecular formula is C28H31N3O2. The molecule has 5 heteroatoms. The van der Waals surface area contributed by atoms with E-state index in [1.807, 2.05) is 60.8 Å². The van der Waals surface area contributed by atoms with Crippen LogP contribution in [-0.2, 0) is 17.6 Å². The number of fused-ring (bicyclic) bond motifs is 1. The Balaban J connectivity index is 0.000000200. The Bertz CT molecular complexity index is 1030. The first-order valence-corrected chi connectivity index (χ1v) is 11.8. The van der Waals surface area contributed by atoms with Gasteiger partial charge in [-0.2, -0.15) is 0 Å². The molecule has 2 aliphatic rings. The number of carbonyl (C=O) groups excluding carboxylic acids is 2. The van der Waals surface area contributed by atoms with E-state index in [0.717, 1.165) is 48.8 Å². The third-order valence-electron chi connectivity index (χ3n) is 6.50. The molecule has 170 valence electrons. The second-order valence-corrected chi connectivity index (χ2v) is 8.62. The Kier molecular flexibility index (Phi) is 7.85. The number of hydrogen-bond acceptors (Lipinski definition) is 3. The van der Waals surface area contributed by atoms with Crippen molar-refractivity contribution in [1.82, 2.24) is 15.2 Å². The molecular weight excluding hydrogens is 410 g/mol. The lowest BCUT2D eigenvalue weighted by Crippen LogP contribution is -2.45. The molecule has 0 spiro atoms. The highest BCUT2D eigenvalue weighted by molar-refractivity contribution is 5.97. The number of carbonyl (C=O) groups is 2. The zero-order valence-electron chi connectivity index (χ0n) is 18.9. The van der Waals surface area contributed by atoms with Crippen molar-refractivity contribution in [2.24, 2.45) is 0 Å². The van der Waals surface area contributed by atoms with Crippen molar-refractivity contribution in [2.45, 2.75) is 50.6 Å². The normalized spacial score (nSPS) is 17.6. The molecule has 0 radical (unpaired) electrons. The van der Waals surface area contributed by atoms with Crippen LogP contribution in [0.4, 0.5) is 0 Å². The third kappa shape index (κ3) is 5.67. The van der Waals surface area contributed by atoms with E-state index < -0.39 is 0 Å². The SMILES string of the molecule is O=C1c2ccccc2CC(c2cccnc2)N1C1CCCC1.O=CNCCc1ccccc1. The molecule has 5 rings (SSSR count). The molecule has 1 saturated carbocycles. The summed E-state index contributed by atoms with van der Waals surface area (Å²) in [6, 6.07) is 22.7. The van der Waals surface area contributed by atoms with Crippen LogP contribution in [0.25, 0.3) is 0 Å². The Morgan fingerprint density at radius 3 is 2.45 bits per heavy atom. The maximum absolute atomic E-state index is 13.1. The topological polar surface area (TPSA) is 62.3 Å².